The Kier molecular flexibility index (Phi) is 7.02. The number of unbranched alkanes of at least 4 members (excludes halogenated alkanes) is 1. The SMILES string of the molecule is CCCCOOC(=O)Cc1c(C)cc2cc(C(F)F)c(F)cc2c1-c1ccc2c3c(ccnc13)CCO2. The summed E-state index contributed by atoms with van der Waals surface area (Å²) in [5.74, 6) is -0.923. The second kappa shape index (κ2) is 10.4. The predicted octanol–water partition coefficient (Wildman–Crippen LogP) is 7.19. The molecule has 0 fully saturated rings. The van der Waals surface area contributed by atoms with E-state index in [0.29, 0.717) is 57.3 Å². The smallest absolute Gasteiger partial charge is 0.346 e. The standard InChI is InChI=1S/C29H26F3NO4/c1-3-4-10-36-37-25(34)15-20-16(2)12-18-13-22(29(31)32)23(30)14-21(18)27(20)19-5-6-24-26-17(8-11-35-24)7-9-33-28(19)26/h5-7,9,12-14,29H,3-4,8,10-11,15H2,1-2H3. The summed E-state index contributed by atoms with van der Waals surface area (Å²) in [4.78, 5) is 27.4. The van der Waals surface area contributed by atoms with Gasteiger partial charge in [-0.25, -0.2) is 18.0 Å². The molecule has 0 saturated carbocycles. The highest BCUT2D eigenvalue weighted by Crippen LogP contribution is 2.43. The van der Waals surface area contributed by atoms with Gasteiger partial charge < -0.3 is 4.74 Å². The van der Waals surface area contributed by atoms with E-state index in [2.05, 4.69) is 4.98 Å². The van der Waals surface area contributed by atoms with Gasteiger partial charge in [0.1, 0.15) is 11.6 Å². The van der Waals surface area contributed by atoms with E-state index in [1.54, 1.807) is 19.2 Å². The van der Waals surface area contributed by atoms with Crippen LogP contribution in [0.5, 0.6) is 5.75 Å². The van der Waals surface area contributed by atoms with Crippen molar-refractivity contribution in [2.24, 2.45) is 0 Å². The molecular weight excluding hydrogens is 483 g/mol. The molecule has 0 N–H and O–H groups in total. The van der Waals surface area contributed by atoms with E-state index >= 15 is 0 Å². The molecule has 0 atom stereocenters. The number of aryl methyl sites for hydroxylation is 1. The number of pyridine rings is 1. The average molecular weight is 510 g/mol. The van der Waals surface area contributed by atoms with E-state index in [-0.39, 0.29) is 13.0 Å². The number of ether oxygens (including phenoxy) is 1. The zero-order chi connectivity index (χ0) is 26.1. The number of hydrogen-bond acceptors (Lipinski definition) is 5. The highest BCUT2D eigenvalue weighted by Gasteiger charge is 2.24. The fraction of sp³-hybridized carbons (Fsp3) is 0.310. The Hall–Kier alpha value is -3.65. The molecule has 5 rings (SSSR count). The van der Waals surface area contributed by atoms with Crippen LogP contribution in [0.4, 0.5) is 13.2 Å². The molecule has 4 aromatic rings. The molecule has 1 aliphatic rings. The van der Waals surface area contributed by atoms with Crippen molar-refractivity contribution in [2.75, 3.05) is 13.2 Å². The van der Waals surface area contributed by atoms with Gasteiger partial charge in [-0.15, -0.1) is 0 Å². The highest BCUT2D eigenvalue weighted by atomic mass is 19.3. The first kappa shape index (κ1) is 25.0. The molecule has 0 bridgehead atoms. The second-order valence-electron chi connectivity index (χ2n) is 9.15. The summed E-state index contributed by atoms with van der Waals surface area (Å²) in [6.07, 6.45) is 0.945. The van der Waals surface area contributed by atoms with Crippen LogP contribution in [0.2, 0.25) is 0 Å². The minimum atomic E-state index is -2.96. The molecule has 8 heteroatoms. The van der Waals surface area contributed by atoms with Gasteiger partial charge in [0.25, 0.3) is 6.43 Å². The second-order valence-corrected chi connectivity index (χ2v) is 9.15. The van der Waals surface area contributed by atoms with Gasteiger partial charge in [-0.05, 0) is 76.7 Å². The third kappa shape index (κ3) is 4.73. The predicted molar refractivity (Wildman–Crippen MR) is 134 cm³/mol. The number of halogens is 3. The van der Waals surface area contributed by atoms with Gasteiger partial charge in [-0.1, -0.05) is 19.4 Å². The molecule has 5 nitrogen and oxygen atoms in total. The van der Waals surface area contributed by atoms with Crippen LogP contribution in [-0.4, -0.2) is 24.2 Å². The van der Waals surface area contributed by atoms with Crippen molar-refractivity contribution >= 4 is 27.6 Å². The maximum Gasteiger partial charge on any atom is 0.346 e. The van der Waals surface area contributed by atoms with E-state index in [0.717, 1.165) is 29.9 Å². The molecule has 2 heterocycles. The first-order valence-electron chi connectivity index (χ1n) is 12.3. The topological polar surface area (TPSA) is 57.7 Å². The third-order valence-electron chi connectivity index (χ3n) is 6.72. The Labute approximate surface area is 212 Å². The lowest BCUT2D eigenvalue weighted by Crippen LogP contribution is -2.12. The number of rotatable bonds is 8. The minimum Gasteiger partial charge on any atom is -0.493 e. The van der Waals surface area contributed by atoms with Crippen LogP contribution in [0.15, 0.2) is 42.6 Å². The molecule has 1 aliphatic heterocycles. The molecule has 0 spiro atoms. The number of aromatic nitrogens is 1. The lowest BCUT2D eigenvalue weighted by Gasteiger charge is -2.22. The van der Waals surface area contributed by atoms with Crippen molar-refractivity contribution in [3.63, 3.8) is 0 Å². The Morgan fingerprint density at radius 1 is 1.19 bits per heavy atom. The third-order valence-corrected chi connectivity index (χ3v) is 6.72. The van der Waals surface area contributed by atoms with Crippen molar-refractivity contribution in [3.8, 4) is 16.9 Å². The van der Waals surface area contributed by atoms with Gasteiger partial charge in [0, 0.05) is 23.6 Å². The van der Waals surface area contributed by atoms with Crippen LogP contribution >= 0.6 is 0 Å². The van der Waals surface area contributed by atoms with Crippen molar-refractivity contribution in [2.45, 2.75) is 46.0 Å². The maximum atomic E-state index is 14.9. The fourth-order valence-corrected chi connectivity index (χ4v) is 4.91. The van der Waals surface area contributed by atoms with Crippen LogP contribution in [0, 0.1) is 12.7 Å². The van der Waals surface area contributed by atoms with E-state index in [1.165, 1.54) is 6.07 Å². The van der Waals surface area contributed by atoms with Crippen LogP contribution in [0.1, 0.15) is 48.4 Å². The molecule has 0 unspecified atom stereocenters. The van der Waals surface area contributed by atoms with Crippen LogP contribution in [-0.2, 0) is 27.4 Å². The number of carbonyl (C=O) groups is 1. The minimum absolute atomic E-state index is 0.152. The molecule has 3 aromatic carbocycles. The first-order valence-corrected chi connectivity index (χ1v) is 12.3. The van der Waals surface area contributed by atoms with Crippen LogP contribution in [0.25, 0.3) is 32.8 Å². The lowest BCUT2D eigenvalue weighted by molar-refractivity contribution is -0.272. The highest BCUT2D eigenvalue weighted by molar-refractivity contribution is 6.08. The number of benzene rings is 3. The van der Waals surface area contributed by atoms with Gasteiger partial charge >= 0.3 is 5.97 Å². The summed E-state index contributed by atoms with van der Waals surface area (Å²) in [6, 6.07) is 9.56. The van der Waals surface area contributed by atoms with Crippen molar-refractivity contribution < 1.29 is 32.5 Å². The molecule has 0 aliphatic carbocycles. The molecule has 192 valence electrons. The summed E-state index contributed by atoms with van der Waals surface area (Å²) in [5.41, 5.74) is 3.49. The number of hydrogen-bond donors (Lipinski definition) is 0. The van der Waals surface area contributed by atoms with Gasteiger partial charge in [0.2, 0.25) is 0 Å². The number of nitrogens with zero attached hydrogens (tertiary/aromatic N) is 1. The van der Waals surface area contributed by atoms with E-state index in [9.17, 15) is 18.0 Å². The molecule has 0 saturated heterocycles. The summed E-state index contributed by atoms with van der Waals surface area (Å²) in [6.45, 7) is 4.62. The number of carbonyl (C=O) groups excluding carboxylic acids is 1. The van der Waals surface area contributed by atoms with Crippen LogP contribution in [0.3, 0.4) is 0 Å². The zero-order valence-corrected chi connectivity index (χ0v) is 20.6. The van der Waals surface area contributed by atoms with Gasteiger partial charge in [-0.2, -0.15) is 4.89 Å². The Morgan fingerprint density at radius 2 is 2.03 bits per heavy atom. The molecule has 0 amide bonds. The van der Waals surface area contributed by atoms with E-state index in [4.69, 9.17) is 14.5 Å². The molecule has 1 aromatic heterocycles. The summed E-state index contributed by atoms with van der Waals surface area (Å²) < 4.78 is 47.7. The normalized spacial score (nSPS) is 12.8. The first-order chi connectivity index (χ1) is 17.9. The van der Waals surface area contributed by atoms with E-state index in [1.807, 2.05) is 25.1 Å². The quantitative estimate of drug-likeness (QED) is 0.143. The average Bonchev–Trinajstić information content (AvgIpc) is 2.88. The molecule has 37 heavy (non-hydrogen) atoms. The summed E-state index contributed by atoms with van der Waals surface area (Å²) in [7, 11) is 0. The Morgan fingerprint density at radius 3 is 2.81 bits per heavy atom. The summed E-state index contributed by atoms with van der Waals surface area (Å²) in [5, 5.41) is 1.70. The van der Waals surface area contributed by atoms with Crippen LogP contribution < -0.4 is 4.74 Å². The maximum absolute atomic E-state index is 14.9. The Balaban J connectivity index is 1.74. The number of alkyl halides is 2. The van der Waals surface area contributed by atoms with Gasteiger partial charge in [-0.3, -0.25) is 9.87 Å². The van der Waals surface area contributed by atoms with Gasteiger partial charge in [0.15, 0.2) is 0 Å². The fourth-order valence-electron chi connectivity index (χ4n) is 4.91. The Bertz CT molecular complexity index is 1490. The van der Waals surface area contributed by atoms with E-state index < -0.39 is 23.8 Å². The zero-order valence-electron chi connectivity index (χ0n) is 20.6. The molecule has 0 radical (unpaired) electrons. The van der Waals surface area contributed by atoms with Crippen molar-refractivity contribution in [3.05, 3.63) is 70.7 Å². The number of fused-ring (bicyclic) bond motifs is 1. The largest absolute Gasteiger partial charge is 0.493 e. The monoisotopic (exact) mass is 509 g/mol. The summed E-state index contributed by atoms with van der Waals surface area (Å²) >= 11 is 0. The lowest BCUT2D eigenvalue weighted by atomic mass is 9.86. The van der Waals surface area contributed by atoms with Crippen molar-refractivity contribution in [1.82, 2.24) is 4.98 Å². The molecular formula is C29H26F3NO4. The van der Waals surface area contributed by atoms with Gasteiger partial charge in [0.05, 0.1) is 30.7 Å². The van der Waals surface area contributed by atoms with Crippen molar-refractivity contribution in [1.29, 1.82) is 0 Å².